The molecule has 0 unspecified atom stereocenters. The summed E-state index contributed by atoms with van der Waals surface area (Å²) in [6, 6.07) is 7.62. The Balaban J connectivity index is 2.23. The van der Waals surface area contributed by atoms with E-state index in [9.17, 15) is 5.21 Å². The zero-order chi connectivity index (χ0) is 12.1. The standard InChI is InChI=1S/C13H20N2O2/c1-2-11-17-13-6-4-3-5-12(13)15(16)9-7-14-8-10-15/h3-6,14H,2,7-11H2,1H3. The molecular weight excluding hydrogens is 216 g/mol. The Bertz CT molecular complexity index is 362. The van der Waals surface area contributed by atoms with E-state index in [0.717, 1.165) is 30.9 Å². The van der Waals surface area contributed by atoms with E-state index in [1.54, 1.807) is 0 Å². The van der Waals surface area contributed by atoms with Gasteiger partial charge < -0.3 is 19.9 Å². The predicted octanol–water partition coefficient (Wildman–Crippen LogP) is 1.88. The molecule has 0 atom stereocenters. The SMILES string of the molecule is CCCOc1ccccc1[N+]1([O-])CCNCC1. The highest BCUT2D eigenvalue weighted by atomic mass is 16.6. The molecule has 4 heteroatoms. The number of hydroxylamine groups is 2. The van der Waals surface area contributed by atoms with E-state index in [1.807, 2.05) is 24.3 Å². The van der Waals surface area contributed by atoms with Gasteiger partial charge in [-0.1, -0.05) is 19.1 Å². The Morgan fingerprint density at radius 3 is 2.71 bits per heavy atom. The van der Waals surface area contributed by atoms with Crippen LogP contribution in [-0.4, -0.2) is 32.8 Å². The van der Waals surface area contributed by atoms with Crippen LogP contribution >= 0.6 is 0 Å². The van der Waals surface area contributed by atoms with Gasteiger partial charge in [0.2, 0.25) is 0 Å². The van der Waals surface area contributed by atoms with E-state index >= 15 is 0 Å². The predicted molar refractivity (Wildman–Crippen MR) is 70.0 cm³/mol. The summed E-state index contributed by atoms with van der Waals surface area (Å²) in [6.07, 6.45) is 0.953. The third-order valence-corrected chi connectivity index (χ3v) is 3.07. The van der Waals surface area contributed by atoms with E-state index < -0.39 is 0 Å². The molecule has 2 rings (SSSR count). The average molecular weight is 236 g/mol. The smallest absolute Gasteiger partial charge is 0.180 e. The number of nitrogens with one attached hydrogen (secondary N) is 1. The lowest BCUT2D eigenvalue weighted by Gasteiger charge is -2.45. The van der Waals surface area contributed by atoms with Gasteiger partial charge in [-0.25, -0.2) is 0 Å². The minimum Gasteiger partial charge on any atom is -0.627 e. The van der Waals surface area contributed by atoms with E-state index in [1.165, 1.54) is 0 Å². The number of quaternary nitrogens is 1. The molecule has 0 spiro atoms. The Morgan fingerprint density at radius 2 is 2.00 bits per heavy atom. The monoisotopic (exact) mass is 236 g/mol. The first-order valence-corrected chi connectivity index (χ1v) is 6.27. The number of hydrogen-bond acceptors (Lipinski definition) is 3. The molecule has 94 valence electrons. The third kappa shape index (κ3) is 2.77. The molecule has 0 amide bonds. The molecule has 1 aliphatic heterocycles. The summed E-state index contributed by atoms with van der Waals surface area (Å²) < 4.78 is 5.40. The lowest BCUT2D eigenvalue weighted by molar-refractivity contribution is 0.283. The maximum absolute atomic E-state index is 12.7. The van der Waals surface area contributed by atoms with Gasteiger partial charge in [-0.2, -0.15) is 0 Å². The second kappa shape index (κ2) is 5.49. The van der Waals surface area contributed by atoms with Crippen molar-refractivity contribution in [2.45, 2.75) is 13.3 Å². The molecule has 0 aromatic heterocycles. The average Bonchev–Trinajstić information content (AvgIpc) is 2.37. The highest BCUT2D eigenvalue weighted by Crippen LogP contribution is 2.33. The van der Waals surface area contributed by atoms with Gasteiger partial charge in [0, 0.05) is 19.2 Å². The Labute approximate surface area is 102 Å². The summed E-state index contributed by atoms with van der Waals surface area (Å²) in [5.41, 5.74) is 0.766. The van der Waals surface area contributed by atoms with Gasteiger partial charge in [-0.3, -0.25) is 0 Å². The van der Waals surface area contributed by atoms with Crippen molar-refractivity contribution in [1.82, 2.24) is 9.96 Å². The largest absolute Gasteiger partial charge is 0.627 e. The number of ether oxygens (including phenoxy) is 1. The zero-order valence-electron chi connectivity index (χ0n) is 10.3. The highest BCUT2D eigenvalue weighted by Gasteiger charge is 2.26. The maximum Gasteiger partial charge on any atom is 0.180 e. The summed E-state index contributed by atoms with van der Waals surface area (Å²) in [7, 11) is 0. The number of benzene rings is 1. The number of nitrogens with zero attached hydrogens (tertiary/aromatic N) is 1. The number of hydrogen-bond donors (Lipinski definition) is 1. The van der Waals surface area contributed by atoms with Crippen LogP contribution in [0.5, 0.6) is 5.75 Å². The molecule has 1 aromatic rings. The number of para-hydroxylation sites is 2. The van der Waals surface area contributed by atoms with Crippen LogP contribution in [0.25, 0.3) is 0 Å². The quantitative estimate of drug-likeness (QED) is 0.641. The van der Waals surface area contributed by atoms with Crippen molar-refractivity contribution in [2.24, 2.45) is 0 Å². The highest BCUT2D eigenvalue weighted by molar-refractivity contribution is 5.56. The molecule has 0 bridgehead atoms. The van der Waals surface area contributed by atoms with Gasteiger partial charge in [0.1, 0.15) is 0 Å². The van der Waals surface area contributed by atoms with Gasteiger partial charge in [0.05, 0.1) is 19.7 Å². The molecule has 1 saturated heterocycles. The van der Waals surface area contributed by atoms with Crippen LogP contribution < -0.4 is 14.7 Å². The minimum absolute atomic E-state index is 0.271. The van der Waals surface area contributed by atoms with Gasteiger partial charge >= 0.3 is 0 Å². The normalized spacial score (nSPS) is 18.9. The van der Waals surface area contributed by atoms with Gasteiger partial charge in [-0.15, -0.1) is 0 Å². The van der Waals surface area contributed by atoms with Gasteiger partial charge in [-0.05, 0) is 12.5 Å². The minimum atomic E-state index is -0.271. The van der Waals surface area contributed by atoms with E-state index in [0.29, 0.717) is 19.7 Å². The van der Waals surface area contributed by atoms with Crippen molar-refractivity contribution in [3.63, 3.8) is 0 Å². The van der Waals surface area contributed by atoms with E-state index in [-0.39, 0.29) is 4.65 Å². The number of piperazine rings is 1. The molecule has 4 nitrogen and oxygen atoms in total. The summed E-state index contributed by atoms with van der Waals surface area (Å²) >= 11 is 0. The van der Waals surface area contributed by atoms with Crippen LogP contribution in [0, 0.1) is 5.21 Å². The fraction of sp³-hybridized carbons (Fsp3) is 0.538. The van der Waals surface area contributed by atoms with Crippen LogP contribution in [0.2, 0.25) is 0 Å². The summed E-state index contributed by atoms with van der Waals surface area (Å²) in [6.45, 7) is 5.42. The zero-order valence-corrected chi connectivity index (χ0v) is 10.3. The topological polar surface area (TPSA) is 44.3 Å². The molecule has 1 aromatic carbocycles. The fourth-order valence-electron chi connectivity index (χ4n) is 2.12. The van der Waals surface area contributed by atoms with Crippen LogP contribution in [-0.2, 0) is 0 Å². The van der Waals surface area contributed by atoms with Crippen molar-refractivity contribution in [1.29, 1.82) is 0 Å². The lowest BCUT2D eigenvalue weighted by Crippen LogP contribution is -2.55. The Morgan fingerprint density at radius 1 is 1.29 bits per heavy atom. The summed E-state index contributed by atoms with van der Waals surface area (Å²) in [5.74, 6) is 0.742. The molecule has 0 radical (unpaired) electrons. The summed E-state index contributed by atoms with van der Waals surface area (Å²) in [5, 5.41) is 15.9. The second-order valence-electron chi connectivity index (χ2n) is 4.40. The molecule has 1 fully saturated rings. The second-order valence-corrected chi connectivity index (χ2v) is 4.40. The molecule has 0 saturated carbocycles. The van der Waals surface area contributed by atoms with Crippen molar-refractivity contribution in [3.8, 4) is 5.75 Å². The Hall–Kier alpha value is -1.10. The van der Waals surface area contributed by atoms with Gasteiger partial charge in [0.15, 0.2) is 11.4 Å². The summed E-state index contributed by atoms with van der Waals surface area (Å²) in [4.78, 5) is 0. The maximum atomic E-state index is 12.7. The van der Waals surface area contributed by atoms with Crippen LogP contribution in [0.4, 0.5) is 5.69 Å². The third-order valence-electron chi connectivity index (χ3n) is 3.07. The Kier molecular flexibility index (Phi) is 3.99. The first-order valence-electron chi connectivity index (χ1n) is 6.27. The first-order chi connectivity index (χ1) is 8.26. The molecule has 17 heavy (non-hydrogen) atoms. The lowest BCUT2D eigenvalue weighted by atomic mass is 10.2. The van der Waals surface area contributed by atoms with Crippen molar-refractivity contribution >= 4 is 5.69 Å². The van der Waals surface area contributed by atoms with Crippen molar-refractivity contribution in [2.75, 3.05) is 32.8 Å². The van der Waals surface area contributed by atoms with Crippen LogP contribution in [0.1, 0.15) is 13.3 Å². The van der Waals surface area contributed by atoms with Crippen LogP contribution in [0.3, 0.4) is 0 Å². The molecule has 1 aliphatic rings. The first kappa shape index (κ1) is 12.4. The fourth-order valence-corrected chi connectivity index (χ4v) is 2.12. The molecule has 0 aliphatic carbocycles. The molecular formula is C13H20N2O2. The van der Waals surface area contributed by atoms with E-state index in [2.05, 4.69) is 12.2 Å². The van der Waals surface area contributed by atoms with Crippen LogP contribution in [0.15, 0.2) is 24.3 Å². The number of rotatable bonds is 4. The molecule has 1 heterocycles. The van der Waals surface area contributed by atoms with Gasteiger partial charge in [0.25, 0.3) is 0 Å². The van der Waals surface area contributed by atoms with Crippen molar-refractivity contribution < 1.29 is 4.74 Å². The molecule has 1 N–H and O–H groups in total. The van der Waals surface area contributed by atoms with Crippen molar-refractivity contribution in [3.05, 3.63) is 29.5 Å². The van der Waals surface area contributed by atoms with E-state index in [4.69, 9.17) is 4.74 Å².